The number of carboxylic acids is 1. The summed E-state index contributed by atoms with van der Waals surface area (Å²) in [6.07, 6.45) is 0.853. The number of aromatic carboxylic acids is 1. The molecule has 0 amide bonds. The lowest BCUT2D eigenvalue weighted by Crippen LogP contribution is -2.15. The third kappa shape index (κ3) is 1.78. The molecule has 0 spiro atoms. The van der Waals surface area contributed by atoms with E-state index in [1.165, 1.54) is 0 Å². The van der Waals surface area contributed by atoms with E-state index in [9.17, 15) is 4.79 Å². The summed E-state index contributed by atoms with van der Waals surface area (Å²) in [6, 6.07) is 0. The number of nitrogens with zero attached hydrogens (tertiary/aromatic N) is 1. The van der Waals surface area contributed by atoms with Crippen LogP contribution in [0.15, 0.2) is 4.42 Å². The van der Waals surface area contributed by atoms with E-state index in [-0.39, 0.29) is 11.2 Å². The molecule has 1 rings (SSSR count). The van der Waals surface area contributed by atoms with Crippen LogP contribution in [0.3, 0.4) is 0 Å². The van der Waals surface area contributed by atoms with Crippen molar-refractivity contribution in [1.82, 2.24) is 4.98 Å². The average molecular weight is 197 g/mol. The van der Waals surface area contributed by atoms with E-state index >= 15 is 0 Å². The van der Waals surface area contributed by atoms with E-state index in [1.54, 1.807) is 6.92 Å². The molecule has 0 radical (unpaired) electrons. The second-order valence-electron chi connectivity index (χ2n) is 3.98. The van der Waals surface area contributed by atoms with Gasteiger partial charge in [-0.3, -0.25) is 0 Å². The monoisotopic (exact) mass is 197 g/mol. The first-order valence-electron chi connectivity index (χ1n) is 4.59. The maximum absolute atomic E-state index is 10.7. The Balaban J connectivity index is 3.15. The zero-order valence-electron chi connectivity index (χ0n) is 8.92. The lowest BCUT2D eigenvalue weighted by molar-refractivity contribution is 0.0657. The van der Waals surface area contributed by atoms with Crippen LogP contribution in [0.4, 0.5) is 0 Å². The maximum atomic E-state index is 10.7. The summed E-state index contributed by atoms with van der Waals surface area (Å²) in [5.41, 5.74) is 0.229. The molecule has 0 aliphatic rings. The van der Waals surface area contributed by atoms with Gasteiger partial charge in [0.15, 0.2) is 0 Å². The summed E-state index contributed by atoms with van der Waals surface area (Å²) in [6.45, 7) is 7.61. The quantitative estimate of drug-likeness (QED) is 0.807. The number of hydrogen-bond donors (Lipinski definition) is 1. The summed E-state index contributed by atoms with van der Waals surface area (Å²) in [7, 11) is 0. The van der Waals surface area contributed by atoms with Crippen LogP contribution in [0.25, 0.3) is 0 Å². The molecular formula is C10H15NO3. The van der Waals surface area contributed by atoms with E-state index in [0.29, 0.717) is 11.6 Å². The molecule has 0 atom stereocenters. The fourth-order valence-electron chi connectivity index (χ4n) is 1.04. The van der Waals surface area contributed by atoms with E-state index in [4.69, 9.17) is 9.52 Å². The number of hydrogen-bond acceptors (Lipinski definition) is 3. The summed E-state index contributed by atoms with van der Waals surface area (Å²) in [4.78, 5) is 14.8. The Morgan fingerprint density at radius 2 is 2.14 bits per heavy atom. The topological polar surface area (TPSA) is 63.3 Å². The minimum Gasteiger partial charge on any atom is -0.475 e. The van der Waals surface area contributed by atoms with Crippen LogP contribution < -0.4 is 0 Å². The molecule has 0 aliphatic heterocycles. The van der Waals surface area contributed by atoms with Crippen molar-refractivity contribution in [3.63, 3.8) is 0 Å². The van der Waals surface area contributed by atoms with E-state index in [0.717, 1.165) is 6.42 Å². The van der Waals surface area contributed by atoms with Crippen molar-refractivity contribution in [3.05, 3.63) is 17.3 Å². The van der Waals surface area contributed by atoms with Gasteiger partial charge < -0.3 is 9.52 Å². The molecule has 0 unspecified atom stereocenters. The second kappa shape index (κ2) is 3.44. The first kappa shape index (κ1) is 10.8. The van der Waals surface area contributed by atoms with E-state index in [1.807, 2.05) is 20.8 Å². The largest absolute Gasteiger partial charge is 0.475 e. The standard InChI is InChI=1S/C10H15NO3/c1-5-10(3,4)9-11-6(2)7(14-9)8(12)13/h5H2,1-4H3,(H,12,13). The maximum Gasteiger partial charge on any atom is 0.373 e. The first-order chi connectivity index (χ1) is 6.38. The Kier molecular flexibility index (Phi) is 2.64. The van der Waals surface area contributed by atoms with E-state index < -0.39 is 5.97 Å². The SMILES string of the molecule is CCC(C)(C)c1nc(C)c(C(=O)O)o1. The van der Waals surface area contributed by atoms with Gasteiger partial charge in [-0.2, -0.15) is 0 Å². The highest BCUT2D eigenvalue weighted by molar-refractivity contribution is 5.85. The lowest BCUT2D eigenvalue weighted by Gasteiger charge is -2.17. The van der Waals surface area contributed by atoms with Gasteiger partial charge in [0.1, 0.15) is 0 Å². The van der Waals surface area contributed by atoms with Crippen LogP contribution >= 0.6 is 0 Å². The Labute approximate surface area is 83.0 Å². The fourth-order valence-corrected chi connectivity index (χ4v) is 1.04. The van der Waals surface area contributed by atoms with Crippen molar-refractivity contribution >= 4 is 5.97 Å². The predicted octanol–water partition coefficient (Wildman–Crippen LogP) is 2.37. The van der Waals surface area contributed by atoms with Gasteiger partial charge in [0, 0.05) is 5.41 Å². The number of aromatic nitrogens is 1. The highest BCUT2D eigenvalue weighted by Gasteiger charge is 2.27. The number of oxazole rings is 1. The summed E-state index contributed by atoms with van der Waals surface area (Å²) >= 11 is 0. The molecule has 1 aromatic rings. The molecule has 0 bridgehead atoms. The third-order valence-corrected chi connectivity index (χ3v) is 2.45. The summed E-state index contributed by atoms with van der Waals surface area (Å²) in [5, 5.41) is 8.78. The van der Waals surface area contributed by atoms with Gasteiger partial charge in [0.25, 0.3) is 0 Å². The van der Waals surface area contributed by atoms with Crippen molar-refractivity contribution in [2.75, 3.05) is 0 Å². The highest BCUT2D eigenvalue weighted by atomic mass is 16.4. The molecule has 1 heterocycles. The zero-order valence-corrected chi connectivity index (χ0v) is 8.92. The van der Waals surface area contributed by atoms with E-state index in [2.05, 4.69) is 4.98 Å². The second-order valence-corrected chi connectivity index (χ2v) is 3.98. The van der Waals surface area contributed by atoms with Gasteiger partial charge >= 0.3 is 5.97 Å². The Hall–Kier alpha value is -1.32. The van der Waals surface area contributed by atoms with Gasteiger partial charge in [-0.1, -0.05) is 20.8 Å². The summed E-state index contributed by atoms with van der Waals surface area (Å²) in [5.74, 6) is -0.621. The minimum atomic E-state index is -1.06. The van der Waals surface area contributed by atoms with Crippen molar-refractivity contribution < 1.29 is 14.3 Å². The molecule has 0 aromatic carbocycles. The molecule has 14 heavy (non-hydrogen) atoms. The van der Waals surface area contributed by atoms with Crippen molar-refractivity contribution in [1.29, 1.82) is 0 Å². The van der Waals surface area contributed by atoms with Gasteiger partial charge in [-0.25, -0.2) is 9.78 Å². The fraction of sp³-hybridized carbons (Fsp3) is 0.600. The van der Waals surface area contributed by atoms with Crippen LogP contribution in [0, 0.1) is 6.92 Å². The molecule has 4 heteroatoms. The Bertz CT molecular complexity index is 352. The Morgan fingerprint density at radius 1 is 1.57 bits per heavy atom. The predicted molar refractivity (Wildman–Crippen MR) is 51.5 cm³/mol. The smallest absolute Gasteiger partial charge is 0.373 e. The molecule has 4 nitrogen and oxygen atoms in total. The molecule has 0 aliphatic carbocycles. The number of carbonyl (C=O) groups is 1. The van der Waals surface area contributed by atoms with Crippen LogP contribution in [0.2, 0.25) is 0 Å². The van der Waals surface area contributed by atoms with Gasteiger partial charge in [-0.05, 0) is 13.3 Å². The molecule has 0 fully saturated rings. The highest BCUT2D eigenvalue weighted by Crippen LogP contribution is 2.27. The van der Waals surface area contributed by atoms with Crippen molar-refractivity contribution in [3.8, 4) is 0 Å². The van der Waals surface area contributed by atoms with Gasteiger partial charge in [-0.15, -0.1) is 0 Å². The number of carboxylic acid groups (broad SMARTS) is 1. The molecule has 0 saturated heterocycles. The molecular weight excluding hydrogens is 182 g/mol. The Morgan fingerprint density at radius 3 is 2.50 bits per heavy atom. The molecule has 0 saturated carbocycles. The zero-order chi connectivity index (χ0) is 10.9. The average Bonchev–Trinajstić information content (AvgIpc) is 2.48. The van der Waals surface area contributed by atoms with Crippen molar-refractivity contribution in [2.24, 2.45) is 0 Å². The van der Waals surface area contributed by atoms with Crippen LogP contribution in [0.5, 0.6) is 0 Å². The van der Waals surface area contributed by atoms with Gasteiger partial charge in [0.2, 0.25) is 11.7 Å². The van der Waals surface area contributed by atoms with Gasteiger partial charge in [0.05, 0.1) is 5.69 Å². The van der Waals surface area contributed by atoms with Crippen LogP contribution in [-0.4, -0.2) is 16.1 Å². The normalized spacial score (nSPS) is 11.7. The molecule has 1 aromatic heterocycles. The minimum absolute atomic E-state index is 0.0541. The third-order valence-electron chi connectivity index (χ3n) is 2.45. The summed E-state index contributed by atoms with van der Waals surface area (Å²) < 4.78 is 5.22. The van der Waals surface area contributed by atoms with Crippen LogP contribution in [0.1, 0.15) is 49.3 Å². The first-order valence-corrected chi connectivity index (χ1v) is 4.59. The lowest BCUT2D eigenvalue weighted by atomic mass is 9.90. The molecule has 1 N–H and O–H groups in total. The number of rotatable bonds is 3. The van der Waals surface area contributed by atoms with Crippen LogP contribution in [-0.2, 0) is 5.41 Å². The number of aryl methyl sites for hydroxylation is 1. The van der Waals surface area contributed by atoms with Crippen molar-refractivity contribution in [2.45, 2.75) is 39.5 Å². The molecule has 78 valence electrons.